The summed E-state index contributed by atoms with van der Waals surface area (Å²) in [6, 6.07) is 0. The third-order valence-corrected chi connectivity index (χ3v) is 3.12. The van der Waals surface area contributed by atoms with E-state index >= 15 is 0 Å². The van der Waals surface area contributed by atoms with Gasteiger partial charge in [0.25, 0.3) is 0 Å². The van der Waals surface area contributed by atoms with Crippen LogP contribution in [0.25, 0.3) is 0 Å². The van der Waals surface area contributed by atoms with Crippen molar-refractivity contribution in [3.05, 3.63) is 11.8 Å². The number of nitrogen functional groups attached to an aromatic ring is 1. The van der Waals surface area contributed by atoms with Gasteiger partial charge in [0.15, 0.2) is 0 Å². The molecular weight excluding hydrogens is 202 g/mol. The summed E-state index contributed by atoms with van der Waals surface area (Å²) < 4.78 is 5.73. The van der Waals surface area contributed by atoms with E-state index in [0.29, 0.717) is 11.8 Å². The van der Waals surface area contributed by atoms with Crippen LogP contribution in [0.5, 0.6) is 5.88 Å². The Balaban J connectivity index is 1.90. The van der Waals surface area contributed by atoms with Crippen molar-refractivity contribution in [3.8, 4) is 5.88 Å². The molecule has 2 rings (SSSR count). The van der Waals surface area contributed by atoms with E-state index in [1.807, 2.05) is 6.92 Å². The molecule has 0 atom stereocenters. The molecule has 0 radical (unpaired) electrons. The average molecular weight is 221 g/mol. The van der Waals surface area contributed by atoms with Crippen molar-refractivity contribution >= 4 is 5.95 Å². The van der Waals surface area contributed by atoms with Crippen LogP contribution in [-0.2, 0) is 0 Å². The molecule has 1 saturated carbocycles. The van der Waals surface area contributed by atoms with E-state index in [2.05, 4.69) is 9.97 Å². The Morgan fingerprint density at radius 2 is 2.12 bits per heavy atom. The molecule has 0 unspecified atom stereocenters. The molecule has 1 aromatic heterocycles. The van der Waals surface area contributed by atoms with Gasteiger partial charge in [-0.05, 0) is 25.7 Å². The van der Waals surface area contributed by atoms with E-state index in [0.717, 1.165) is 12.2 Å². The number of ether oxygens (including phenoxy) is 1. The molecule has 0 bridgehead atoms. The standard InChI is InChI=1S/C12H19N3O/c1-9-7-14-12(13)15-11(9)16-8-10-5-3-2-4-6-10/h7,10H,2-6,8H2,1H3,(H2,13,14,15). The fraction of sp³-hybridized carbons (Fsp3) is 0.667. The topological polar surface area (TPSA) is 61.0 Å². The lowest BCUT2D eigenvalue weighted by Gasteiger charge is -2.21. The van der Waals surface area contributed by atoms with Crippen LogP contribution in [0, 0.1) is 12.8 Å². The van der Waals surface area contributed by atoms with Crippen LogP contribution in [0.2, 0.25) is 0 Å². The molecule has 1 aliphatic carbocycles. The van der Waals surface area contributed by atoms with Crippen LogP contribution in [-0.4, -0.2) is 16.6 Å². The fourth-order valence-electron chi connectivity index (χ4n) is 2.14. The Bertz CT molecular complexity index is 348. The fourth-order valence-corrected chi connectivity index (χ4v) is 2.14. The largest absolute Gasteiger partial charge is 0.477 e. The zero-order valence-electron chi connectivity index (χ0n) is 9.78. The first-order valence-corrected chi connectivity index (χ1v) is 5.97. The van der Waals surface area contributed by atoms with Crippen molar-refractivity contribution in [2.24, 2.45) is 5.92 Å². The predicted octanol–water partition coefficient (Wildman–Crippen LogP) is 2.33. The molecule has 1 aliphatic rings. The number of nitrogens with two attached hydrogens (primary N) is 1. The molecule has 16 heavy (non-hydrogen) atoms. The van der Waals surface area contributed by atoms with Crippen LogP contribution in [0.15, 0.2) is 6.20 Å². The smallest absolute Gasteiger partial charge is 0.223 e. The molecule has 1 fully saturated rings. The minimum absolute atomic E-state index is 0.282. The molecule has 0 amide bonds. The van der Waals surface area contributed by atoms with Gasteiger partial charge in [-0.3, -0.25) is 0 Å². The van der Waals surface area contributed by atoms with Crippen molar-refractivity contribution in [3.63, 3.8) is 0 Å². The maximum Gasteiger partial charge on any atom is 0.223 e. The van der Waals surface area contributed by atoms with E-state index in [4.69, 9.17) is 10.5 Å². The SMILES string of the molecule is Cc1cnc(N)nc1OCC1CCCCC1. The quantitative estimate of drug-likeness (QED) is 0.851. The summed E-state index contributed by atoms with van der Waals surface area (Å²) in [6.45, 7) is 2.70. The first kappa shape index (κ1) is 11.2. The van der Waals surface area contributed by atoms with E-state index in [1.54, 1.807) is 6.20 Å². The molecule has 4 nitrogen and oxygen atoms in total. The lowest BCUT2D eigenvalue weighted by atomic mass is 9.90. The summed E-state index contributed by atoms with van der Waals surface area (Å²) in [5.74, 6) is 1.60. The van der Waals surface area contributed by atoms with Crippen molar-refractivity contribution in [2.75, 3.05) is 12.3 Å². The number of nitrogens with zero attached hydrogens (tertiary/aromatic N) is 2. The number of rotatable bonds is 3. The number of hydrogen-bond donors (Lipinski definition) is 1. The summed E-state index contributed by atoms with van der Waals surface area (Å²) in [4.78, 5) is 8.02. The molecule has 1 aromatic rings. The van der Waals surface area contributed by atoms with Gasteiger partial charge in [0.05, 0.1) is 6.61 Å². The normalized spacial score (nSPS) is 17.3. The van der Waals surface area contributed by atoms with E-state index in [-0.39, 0.29) is 5.95 Å². The highest BCUT2D eigenvalue weighted by atomic mass is 16.5. The van der Waals surface area contributed by atoms with Gasteiger partial charge in [0, 0.05) is 11.8 Å². The van der Waals surface area contributed by atoms with E-state index < -0.39 is 0 Å². The number of anilines is 1. The highest BCUT2D eigenvalue weighted by Crippen LogP contribution is 2.24. The second kappa shape index (κ2) is 5.14. The van der Waals surface area contributed by atoms with Crippen molar-refractivity contribution in [1.82, 2.24) is 9.97 Å². The predicted molar refractivity (Wildman–Crippen MR) is 63.3 cm³/mol. The summed E-state index contributed by atoms with van der Waals surface area (Å²) in [6.07, 6.45) is 8.30. The first-order valence-electron chi connectivity index (χ1n) is 5.97. The minimum Gasteiger partial charge on any atom is -0.477 e. The molecule has 1 heterocycles. The highest BCUT2D eigenvalue weighted by molar-refractivity contribution is 5.28. The zero-order valence-corrected chi connectivity index (χ0v) is 9.78. The lowest BCUT2D eigenvalue weighted by Crippen LogP contribution is -2.16. The third-order valence-electron chi connectivity index (χ3n) is 3.12. The van der Waals surface area contributed by atoms with Gasteiger partial charge in [0.2, 0.25) is 11.8 Å². The van der Waals surface area contributed by atoms with Gasteiger partial charge in [-0.2, -0.15) is 4.98 Å². The molecule has 0 saturated heterocycles. The summed E-state index contributed by atoms with van der Waals surface area (Å²) in [5.41, 5.74) is 6.48. The number of hydrogen-bond acceptors (Lipinski definition) is 4. The molecule has 4 heteroatoms. The van der Waals surface area contributed by atoms with Crippen LogP contribution in [0.1, 0.15) is 37.7 Å². The van der Waals surface area contributed by atoms with Gasteiger partial charge in [0.1, 0.15) is 0 Å². The maximum absolute atomic E-state index is 5.73. The van der Waals surface area contributed by atoms with E-state index in [9.17, 15) is 0 Å². The van der Waals surface area contributed by atoms with Crippen LogP contribution in [0.3, 0.4) is 0 Å². The van der Waals surface area contributed by atoms with Gasteiger partial charge >= 0.3 is 0 Å². The van der Waals surface area contributed by atoms with E-state index in [1.165, 1.54) is 32.1 Å². The van der Waals surface area contributed by atoms with Crippen LogP contribution in [0.4, 0.5) is 5.95 Å². The Morgan fingerprint density at radius 3 is 2.88 bits per heavy atom. The van der Waals surface area contributed by atoms with Gasteiger partial charge in [-0.1, -0.05) is 19.3 Å². The summed E-state index contributed by atoms with van der Waals surface area (Å²) in [7, 11) is 0. The third kappa shape index (κ3) is 2.84. The minimum atomic E-state index is 0.282. The second-order valence-electron chi connectivity index (χ2n) is 4.53. The highest BCUT2D eigenvalue weighted by Gasteiger charge is 2.14. The maximum atomic E-state index is 5.73. The van der Waals surface area contributed by atoms with Gasteiger partial charge < -0.3 is 10.5 Å². The van der Waals surface area contributed by atoms with Crippen molar-refractivity contribution < 1.29 is 4.74 Å². The Kier molecular flexibility index (Phi) is 3.59. The number of aryl methyl sites for hydroxylation is 1. The van der Waals surface area contributed by atoms with Gasteiger partial charge in [-0.25, -0.2) is 4.98 Å². The van der Waals surface area contributed by atoms with Gasteiger partial charge in [-0.15, -0.1) is 0 Å². The molecule has 88 valence electrons. The monoisotopic (exact) mass is 221 g/mol. The lowest BCUT2D eigenvalue weighted by molar-refractivity contribution is 0.202. The van der Waals surface area contributed by atoms with Crippen LogP contribution >= 0.6 is 0 Å². The Labute approximate surface area is 96.2 Å². The Hall–Kier alpha value is -1.32. The zero-order chi connectivity index (χ0) is 11.4. The average Bonchev–Trinajstić information content (AvgIpc) is 2.32. The molecule has 0 spiro atoms. The molecule has 0 aliphatic heterocycles. The number of aromatic nitrogens is 2. The second-order valence-corrected chi connectivity index (χ2v) is 4.53. The summed E-state index contributed by atoms with van der Waals surface area (Å²) in [5, 5.41) is 0. The van der Waals surface area contributed by atoms with Crippen molar-refractivity contribution in [2.45, 2.75) is 39.0 Å². The van der Waals surface area contributed by atoms with Crippen LogP contribution < -0.4 is 10.5 Å². The first-order chi connectivity index (χ1) is 7.75. The summed E-state index contributed by atoms with van der Waals surface area (Å²) >= 11 is 0. The molecular formula is C12H19N3O. The molecule has 2 N–H and O–H groups in total. The van der Waals surface area contributed by atoms with Crippen molar-refractivity contribution in [1.29, 1.82) is 0 Å². The Morgan fingerprint density at radius 1 is 1.38 bits per heavy atom. The molecule has 0 aromatic carbocycles.